The van der Waals surface area contributed by atoms with Crippen molar-refractivity contribution in [3.8, 4) is 0 Å². The smallest absolute Gasteiger partial charge is 0.337 e. The normalized spacial score (nSPS) is 10.2. The molecule has 0 unspecified atom stereocenters. The minimum Gasteiger partial charge on any atom is -0.465 e. The van der Waals surface area contributed by atoms with Gasteiger partial charge in [0.25, 0.3) is 5.91 Å². The van der Waals surface area contributed by atoms with E-state index in [9.17, 15) is 9.59 Å². The number of rotatable bonds is 5. The molecule has 2 aromatic carbocycles. The number of aromatic nitrogens is 2. The van der Waals surface area contributed by atoms with E-state index in [2.05, 4.69) is 25.3 Å². The fraction of sp³-hybridized carbons (Fsp3) is 0.143. The Morgan fingerprint density at radius 1 is 0.929 bits per heavy atom. The molecular weight excluding hydrogens is 356 g/mol. The number of hydrogen-bond donors (Lipinski definition) is 2. The molecule has 0 atom stereocenters. The van der Waals surface area contributed by atoms with Gasteiger partial charge in [0, 0.05) is 11.4 Å². The maximum absolute atomic E-state index is 12.4. The maximum Gasteiger partial charge on any atom is 0.337 e. The molecule has 3 rings (SSSR count). The summed E-state index contributed by atoms with van der Waals surface area (Å²) < 4.78 is 4.68. The molecule has 1 amide bonds. The van der Waals surface area contributed by atoms with E-state index >= 15 is 0 Å². The van der Waals surface area contributed by atoms with Gasteiger partial charge in [0.2, 0.25) is 0 Å². The standard InChI is InChI=1S/C21H20N4O3/c1-13-7-8-17(9-14(13)2)24-19-12-22-18(11-23-19)20(26)25-16-6-4-5-15(10-16)21(27)28-3/h4-12H,1-3H3,(H,23,24)(H,25,26). The number of ether oxygens (including phenoxy) is 1. The summed E-state index contributed by atoms with van der Waals surface area (Å²) in [6, 6.07) is 12.5. The number of benzene rings is 2. The molecule has 0 spiro atoms. The zero-order valence-corrected chi connectivity index (χ0v) is 15.8. The highest BCUT2D eigenvalue weighted by molar-refractivity contribution is 6.03. The van der Waals surface area contributed by atoms with Gasteiger partial charge in [-0.15, -0.1) is 0 Å². The molecule has 0 saturated heterocycles. The minimum absolute atomic E-state index is 0.161. The van der Waals surface area contributed by atoms with Crippen LogP contribution >= 0.6 is 0 Å². The first kappa shape index (κ1) is 19.0. The fourth-order valence-electron chi connectivity index (χ4n) is 2.51. The van der Waals surface area contributed by atoms with Crippen molar-refractivity contribution in [1.29, 1.82) is 0 Å². The lowest BCUT2D eigenvalue weighted by Gasteiger charge is -2.09. The van der Waals surface area contributed by atoms with Crippen LogP contribution in [0.15, 0.2) is 54.9 Å². The molecule has 0 saturated carbocycles. The van der Waals surface area contributed by atoms with Crippen LogP contribution in [-0.2, 0) is 4.74 Å². The van der Waals surface area contributed by atoms with Gasteiger partial charge in [-0.25, -0.2) is 14.8 Å². The van der Waals surface area contributed by atoms with Gasteiger partial charge in [-0.3, -0.25) is 4.79 Å². The quantitative estimate of drug-likeness (QED) is 0.657. The summed E-state index contributed by atoms with van der Waals surface area (Å²) in [4.78, 5) is 32.3. The molecule has 2 N–H and O–H groups in total. The highest BCUT2D eigenvalue weighted by atomic mass is 16.5. The summed E-state index contributed by atoms with van der Waals surface area (Å²) in [5.74, 6) is -0.364. The van der Waals surface area contributed by atoms with Crippen molar-refractivity contribution in [3.63, 3.8) is 0 Å². The number of nitrogens with zero attached hydrogens (tertiary/aromatic N) is 2. The monoisotopic (exact) mass is 376 g/mol. The molecule has 1 heterocycles. The third-order valence-electron chi connectivity index (χ3n) is 4.21. The Labute approximate surface area is 162 Å². The van der Waals surface area contributed by atoms with E-state index in [1.54, 1.807) is 18.2 Å². The number of esters is 1. The summed E-state index contributed by atoms with van der Waals surface area (Å²) in [6.45, 7) is 4.09. The zero-order chi connectivity index (χ0) is 20.1. The molecule has 0 bridgehead atoms. The number of anilines is 3. The zero-order valence-electron chi connectivity index (χ0n) is 15.8. The van der Waals surface area contributed by atoms with Gasteiger partial charge in [0.15, 0.2) is 0 Å². The van der Waals surface area contributed by atoms with Crippen molar-refractivity contribution in [2.45, 2.75) is 13.8 Å². The van der Waals surface area contributed by atoms with Crippen molar-refractivity contribution >= 4 is 29.1 Å². The molecule has 0 aliphatic heterocycles. The van der Waals surface area contributed by atoms with Gasteiger partial charge in [0.05, 0.1) is 25.1 Å². The van der Waals surface area contributed by atoms with E-state index in [1.807, 2.05) is 32.0 Å². The third-order valence-corrected chi connectivity index (χ3v) is 4.21. The van der Waals surface area contributed by atoms with Gasteiger partial charge in [0.1, 0.15) is 11.5 Å². The third kappa shape index (κ3) is 4.50. The maximum atomic E-state index is 12.4. The second-order valence-electron chi connectivity index (χ2n) is 6.24. The number of aryl methyl sites for hydroxylation is 2. The summed E-state index contributed by atoms with van der Waals surface area (Å²) in [6.07, 6.45) is 2.89. The summed E-state index contributed by atoms with van der Waals surface area (Å²) in [5, 5.41) is 5.85. The number of hydrogen-bond acceptors (Lipinski definition) is 6. The lowest BCUT2D eigenvalue weighted by atomic mass is 10.1. The van der Waals surface area contributed by atoms with E-state index in [-0.39, 0.29) is 5.69 Å². The van der Waals surface area contributed by atoms with Gasteiger partial charge >= 0.3 is 5.97 Å². The van der Waals surface area contributed by atoms with E-state index in [0.717, 1.165) is 5.69 Å². The van der Waals surface area contributed by atoms with E-state index in [0.29, 0.717) is 17.1 Å². The Kier molecular flexibility index (Phi) is 5.64. The van der Waals surface area contributed by atoms with Crippen LogP contribution in [0.1, 0.15) is 32.0 Å². The molecular formula is C21H20N4O3. The number of nitrogens with one attached hydrogen (secondary N) is 2. The predicted molar refractivity (Wildman–Crippen MR) is 107 cm³/mol. The molecule has 0 aliphatic rings. The average molecular weight is 376 g/mol. The highest BCUT2D eigenvalue weighted by Crippen LogP contribution is 2.18. The Morgan fingerprint density at radius 3 is 2.43 bits per heavy atom. The Hall–Kier alpha value is -3.74. The van der Waals surface area contributed by atoms with Crippen LogP contribution in [0, 0.1) is 13.8 Å². The van der Waals surface area contributed by atoms with Gasteiger partial charge in [-0.1, -0.05) is 12.1 Å². The molecule has 1 aromatic heterocycles. The highest BCUT2D eigenvalue weighted by Gasteiger charge is 2.11. The molecule has 7 heteroatoms. The van der Waals surface area contributed by atoms with Crippen LogP contribution in [0.5, 0.6) is 0 Å². The van der Waals surface area contributed by atoms with E-state index in [1.165, 1.54) is 36.7 Å². The molecule has 0 radical (unpaired) electrons. The summed E-state index contributed by atoms with van der Waals surface area (Å²) in [7, 11) is 1.30. The van der Waals surface area contributed by atoms with Gasteiger partial charge < -0.3 is 15.4 Å². The van der Waals surface area contributed by atoms with E-state index in [4.69, 9.17) is 0 Å². The molecule has 0 fully saturated rings. The van der Waals surface area contributed by atoms with Crippen molar-refractivity contribution in [2.75, 3.05) is 17.7 Å². The van der Waals surface area contributed by atoms with Crippen molar-refractivity contribution in [1.82, 2.24) is 9.97 Å². The largest absolute Gasteiger partial charge is 0.465 e. The molecule has 3 aromatic rings. The molecule has 0 aliphatic carbocycles. The van der Waals surface area contributed by atoms with Crippen molar-refractivity contribution in [2.24, 2.45) is 0 Å². The minimum atomic E-state index is -0.474. The number of carbonyl (C=O) groups excluding carboxylic acids is 2. The number of methoxy groups -OCH3 is 1. The first-order chi connectivity index (χ1) is 13.5. The SMILES string of the molecule is COC(=O)c1cccc(NC(=O)c2cnc(Nc3ccc(C)c(C)c3)cn2)c1. The van der Waals surface area contributed by atoms with Crippen molar-refractivity contribution < 1.29 is 14.3 Å². The first-order valence-electron chi connectivity index (χ1n) is 8.62. The fourth-order valence-corrected chi connectivity index (χ4v) is 2.51. The van der Waals surface area contributed by atoms with Gasteiger partial charge in [-0.2, -0.15) is 0 Å². The Balaban J connectivity index is 1.68. The lowest BCUT2D eigenvalue weighted by Crippen LogP contribution is -2.14. The van der Waals surface area contributed by atoms with Crippen molar-refractivity contribution in [3.05, 3.63) is 77.2 Å². The number of carbonyl (C=O) groups is 2. The molecule has 28 heavy (non-hydrogen) atoms. The molecule has 142 valence electrons. The second kappa shape index (κ2) is 8.30. The Morgan fingerprint density at radius 2 is 1.75 bits per heavy atom. The average Bonchev–Trinajstić information content (AvgIpc) is 2.71. The summed E-state index contributed by atoms with van der Waals surface area (Å²) in [5.41, 5.74) is 4.25. The van der Waals surface area contributed by atoms with E-state index < -0.39 is 11.9 Å². The first-order valence-corrected chi connectivity index (χ1v) is 8.62. The van der Waals surface area contributed by atoms with Crippen LogP contribution < -0.4 is 10.6 Å². The predicted octanol–water partition coefficient (Wildman–Crippen LogP) is 3.88. The van der Waals surface area contributed by atoms with Crippen LogP contribution in [0.25, 0.3) is 0 Å². The van der Waals surface area contributed by atoms with Crippen LogP contribution in [0.4, 0.5) is 17.2 Å². The van der Waals surface area contributed by atoms with Crippen LogP contribution in [0.3, 0.4) is 0 Å². The second-order valence-corrected chi connectivity index (χ2v) is 6.24. The number of amides is 1. The summed E-state index contributed by atoms with van der Waals surface area (Å²) >= 11 is 0. The lowest BCUT2D eigenvalue weighted by molar-refractivity contribution is 0.0600. The van der Waals surface area contributed by atoms with Gasteiger partial charge in [-0.05, 0) is 55.3 Å². The topological polar surface area (TPSA) is 93.2 Å². The Bertz CT molecular complexity index is 1020. The molecule has 7 nitrogen and oxygen atoms in total. The van der Waals surface area contributed by atoms with Crippen LogP contribution in [-0.4, -0.2) is 29.0 Å². The van der Waals surface area contributed by atoms with Crippen LogP contribution in [0.2, 0.25) is 0 Å².